The number of carbonyl (C=O) groups excluding carboxylic acids is 1. The Morgan fingerprint density at radius 1 is 1.45 bits per heavy atom. The van der Waals surface area contributed by atoms with Gasteiger partial charge in [0.2, 0.25) is 5.91 Å². The van der Waals surface area contributed by atoms with Gasteiger partial charge in [-0.05, 0) is 49.8 Å². The third-order valence-corrected chi connectivity index (χ3v) is 4.55. The first-order valence-corrected chi connectivity index (χ1v) is 8.29. The Morgan fingerprint density at radius 2 is 2.25 bits per heavy atom. The second-order valence-electron chi connectivity index (χ2n) is 5.46. The standard InChI is InChI=1S/C16H22BrNO2/c1-20-16(8-4-9-16)12-15(19)18-14-7-2-5-13(11-14)6-3-10-17/h2,5,7,11H,3-4,6,8-10,12H2,1H3,(H,18,19). The first-order valence-electron chi connectivity index (χ1n) is 7.17. The van der Waals surface area contributed by atoms with E-state index in [9.17, 15) is 4.79 Å². The molecule has 1 amide bonds. The van der Waals surface area contributed by atoms with E-state index in [1.165, 1.54) is 5.56 Å². The zero-order valence-corrected chi connectivity index (χ0v) is 13.5. The molecule has 0 radical (unpaired) electrons. The molecule has 1 saturated carbocycles. The fourth-order valence-electron chi connectivity index (χ4n) is 2.60. The highest BCUT2D eigenvalue weighted by Gasteiger charge is 2.38. The van der Waals surface area contributed by atoms with Crippen molar-refractivity contribution in [2.75, 3.05) is 17.8 Å². The quantitative estimate of drug-likeness (QED) is 0.764. The van der Waals surface area contributed by atoms with Gasteiger partial charge >= 0.3 is 0 Å². The van der Waals surface area contributed by atoms with Gasteiger partial charge in [0.15, 0.2) is 0 Å². The van der Waals surface area contributed by atoms with Gasteiger partial charge < -0.3 is 10.1 Å². The molecule has 0 aromatic heterocycles. The molecule has 0 saturated heterocycles. The minimum absolute atomic E-state index is 0.0455. The summed E-state index contributed by atoms with van der Waals surface area (Å²) in [5.74, 6) is 0.0455. The maximum absolute atomic E-state index is 12.1. The summed E-state index contributed by atoms with van der Waals surface area (Å²) in [4.78, 5) is 12.1. The molecule has 1 N–H and O–H groups in total. The van der Waals surface area contributed by atoms with Gasteiger partial charge in [0, 0.05) is 18.1 Å². The zero-order chi connectivity index (χ0) is 14.4. The Balaban J connectivity index is 1.90. The third-order valence-electron chi connectivity index (χ3n) is 3.99. The molecule has 20 heavy (non-hydrogen) atoms. The lowest BCUT2D eigenvalue weighted by atomic mass is 9.77. The Labute approximate surface area is 129 Å². The first kappa shape index (κ1) is 15.5. The molecule has 1 aromatic rings. The summed E-state index contributed by atoms with van der Waals surface area (Å²) in [6.07, 6.45) is 5.71. The summed E-state index contributed by atoms with van der Waals surface area (Å²) in [7, 11) is 1.70. The number of alkyl halides is 1. The summed E-state index contributed by atoms with van der Waals surface area (Å²) in [6, 6.07) is 8.09. The SMILES string of the molecule is COC1(CC(=O)Nc2cccc(CCCBr)c2)CCC1. The van der Waals surface area contributed by atoms with Gasteiger partial charge in [0.05, 0.1) is 12.0 Å². The number of rotatable bonds is 7. The molecule has 0 spiro atoms. The van der Waals surface area contributed by atoms with Gasteiger partial charge in [-0.15, -0.1) is 0 Å². The van der Waals surface area contributed by atoms with Gasteiger partial charge in [-0.3, -0.25) is 4.79 Å². The van der Waals surface area contributed by atoms with Crippen LogP contribution in [0.25, 0.3) is 0 Å². The van der Waals surface area contributed by atoms with Crippen LogP contribution in [0.1, 0.15) is 37.7 Å². The molecule has 1 aromatic carbocycles. The first-order chi connectivity index (χ1) is 9.67. The highest BCUT2D eigenvalue weighted by atomic mass is 79.9. The largest absolute Gasteiger partial charge is 0.378 e. The third kappa shape index (κ3) is 4.06. The molecular weight excluding hydrogens is 318 g/mol. The van der Waals surface area contributed by atoms with Crippen molar-refractivity contribution >= 4 is 27.5 Å². The van der Waals surface area contributed by atoms with Crippen LogP contribution in [0.5, 0.6) is 0 Å². The number of methoxy groups -OCH3 is 1. The molecule has 0 atom stereocenters. The highest BCUT2D eigenvalue weighted by Crippen LogP contribution is 2.38. The Bertz CT molecular complexity index is 452. The van der Waals surface area contributed by atoms with Crippen LogP contribution >= 0.6 is 15.9 Å². The number of ether oxygens (including phenoxy) is 1. The van der Waals surface area contributed by atoms with Crippen molar-refractivity contribution in [2.24, 2.45) is 0 Å². The Morgan fingerprint density at radius 3 is 2.85 bits per heavy atom. The second-order valence-corrected chi connectivity index (χ2v) is 6.25. The highest BCUT2D eigenvalue weighted by molar-refractivity contribution is 9.09. The van der Waals surface area contributed by atoms with Crippen molar-refractivity contribution in [1.82, 2.24) is 0 Å². The van der Waals surface area contributed by atoms with Crippen molar-refractivity contribution in [3.8, 4) is 0 Å². The van der Waals surface area contributed by atoms with Crippen molar-refractivity contribution < 1.29 is 9.53 Å². The topological polar surface area (TPSA) is 38.3 Å². The number of carbonyl (C=O) groups is 1. The molecule has 3 nitrogen and oxygen atoms in total. The molecule has 0 heterocycles. The second kappa shape index (κ2) is 7.23. The Hall–Kier alpha value is -0.870. The number of hydrogen-bond donors (Lipinski definition) is 1. The molecule has 1 aliphatic carbocycles. The van der Waals surface area contributed by atoms with Crippen LogP contribution in [0.3, 0.4) is 0 Å². The van der Waals surface area contributed by atoms with Crippen LogP contribution < -0.4 is 5.32 Å². The predicted molar refractivity (Wildman–Crippen MR) is 85.4 cm³/mol. The smallest absolute Gasteiger partial charge is 0.227 e. The van der Waals surface area contributed by atoms with Gasteiger partial charge in [0.1, 0.15) is 0 Å². The van der Waals surface area contributed by atoms with Crippen LogP contribution in [0, 0.1) is 0 Å². The number of nitrogens with one attached hydrogen (secondary N) is 1. The molecule has 4 heteroatoms. The van der Waals surface area contributed by atoms with Crippen LogP contribution in [-0.4, -0.2) is 23.9 Å². The van der Waals surface area contributed by atoms with Crippen molar-refractivity contribution in [1.29, 1.82) is 0 Å². The number of anilines is 1. The van der Waals surface area contributed by atoms with Gasteiger partial charge in [0.25, 0.3) is 0 Å². The molecule has 1 fully saturated rings. The number of amides is 1. The minimum atomic E-state index is -0.211. The normalized spacial score (nSPS) is 16.5. The number of aryl methyl sites for hydroxylation is 1. The monoisotopic (exact) mass is 339 g/mol. The average molecular weight is 340 g/mol. The fraction of sp³-hybridized carbons (Fsp3) is 0.562. The molecule has 110 valence electrons. The van der Waals surface area contributed by atoms with Crippen molar-refractivity contribution in [3.63, 3.8) is 0 Å². The fourth-order valence-corrected chi connectivity index (χ4v) is 2.88. The molecule has 2 rings (SSSR count). The summed E-state index contributed by atoms with van der Waals surface area (Å²) in [5, 5.41) is 3.99. The average Bonchev–Trinajstić information content (AvgIpc) is 2.41. The minimum Gasteiger partial charge on any atom is -0.378 e. The van der Waals surface area contributed by atoms with Crippen LogP contribution in [0.2, 0.25) is 0 Å². The van der Waals surface area contributed by atoms with E-state index in [1.807, 2.05) is 12.1 Å². The summed E-state index contributed by atoms with van der Waals surface area (Å²) in [5.41, 5.74) is 1.93. The summed E-state index contributed by atoms with van der Waals surface area (Å²) >= 11 is 3.44. The number of halogens is 1. The number of benzene rings is 1. The van der Waals surface area contributed by atoms with E-state index in [-0.39, 0.29) is 11.5 Å². The molecule has 0 unspecified atom stereocenters. The van der Waals surface area contributed by atoms with Crippen LogP contribution in [0.15, 0.2) is 24.3 Å². The van der Waals surface area contributed by atoms with E-state index < -0.39 is 0 Å². The van der Waals surface area contributed by atoms with E-state index in [2.05, 4.69) is 33.4 Å². The summed E-state index contributed by atoms with van der Waals surface area (Å²) in [6.45, 7) is 0. The molecule has 0 bridgehead atoms. The predicted octanol–water partition coefficient (Wildman–Crippen LogP) is 3.91. The van der Waals surface area contributed by atoms with Crippen LogP contribution in [-0.2, 0) is 16.0 Å². The van der Waals surface area contributed by atoms with Gasteiger partial charge in [-0.1, -0.05) is 28.1 Å². The van der Waals surface area contributed by atoms with Gasteiger partial charge in [-0.25, -0.2) is 0 Å². The summed E-state index contributed by atoms with van der Waals surface area (Å²) < 4.78 is 5.49. The molecule has 1 aliphatic rings. The lowest BCUT2D eigenvalue weighted by molar-refractivity contribution is -0.129. The number of hydrogen-bond acceptors (Lipinski definition) is 2. The van der Waals surface area contributed by atoms with E-state index in [0.717, 1.165) is 43.1 Å². The van der Waals surface area contributed by atoms with E-state index >= 15 is 0 Å². The van der Waals surface area contributed by atoms with E-state index in [0.29, 0.717) is 6.42 Å². The molecule has 0 aliphatic heterocycles. The lowest BCUT2D eigenvalue weighted by Gasteiger charge is -2.39. The van der Waals surface area contributed by atoms with E-state index in [1.54, 1.807) is 7.11 Å². The maximum atomic E-state index is 12.1. The van der Waals surface area contributed by atoms with Gasteiger partial charge in [-0.2, -0.15) is 0 Å². The lowest BCUT2D eigenvalue weighted by Crippen LogP contribution is -2.42. The molecular formula is C16H22BrNO2. The zero-order valence-electron chi connectivity index (χ0n) is 12.0. The Kier molecular flexibility index (Phi) is 5.61. The van der Waals surface area contributed by atoms with Crippen LogP contribution in [0.4, 0.5) is 5.69 Å². The van der Waals surface area contributed by atoms with Crippen molar-refractivity contribution in [2.45, 2.75) is 44.1 Å². The van der Waals surface area contributed by atoms with E-state index in [4.69, 9.17) is 4.74 Å². The van der Waals surface area contributed by atoms with Crippen molar-refractivity contribution in [3.05, 3.63) is 29.8 Å². The maximum Gasteiger partial charge on any atom is 0.227 e.